The number of nitriles is 1. The Hall–Kier alpha value is -2.07. The molecule has 0 N–H and O–H groups in total. The van der Waals surface area contributed by atoms with Gasteiger partial charge in [-0.1, -0.05) is 35.9 Å². The van der Waals surface area contributed by atoms with Crippen molar-refractivity contribution in [3.63, 3.8) is 0 Å². The Morgan fingerprint density at radius 1 is 1.18 bits per heavy atom. The third-order valence-corrected chi connectivity index (χ3v) is 3.65. The van der Waals surface area contributed by atoms with Crippen molar-refractivity contribution in [2.24, 2.45) is 0 Å². The molecule has 1 aromatic rings. The maximum absolute atomic E-state index is 8.99. The number of allylic oxidation sites excluding steroid dienone is 6. The lowest BCUT2D eigenvalue weighted by Crippen LogP contribution is -1.92. The predicted octanol–water partition coefficient (Wildman–Crippen LogP) is 6.05. The monoisotopic (exact) mass is 293 g/mol. The second kappa shape index (κ2) is 9.79. The van der Waals surface area contributed by atoms with Gasteiger partial charge in [-0.15, -0.1) is 0 Å². The number of unbranched alkanes of at least 4 members (excludes halogenated alkanes) is 1. The van der Waals surface area contributed by atoms with Gasteiger partial charge in [-0.25, -0.2) is 0 Å². The maximum atomic E-state index is 8.99. The molecule has 22 heavy (non-hydrogen) atoms. The normalized spacial score (nSPS) is 11.5. The summed E-state index contributed by atoms with van der Waals surface area (Å²) in [5.74, 6) is 0. The highest BCUT2D eigenvalue weighted by Gasteiger charge is 2.01. The van der Waals surface area contributed by atoms with Crippen LogP contribution in [0.5, 0.6) is 0 Å². The zero-order chi connectivity index (χ0) is 16.4. The first-order valence-electron chi connectivity index (χ1n) is 8.03. The van der Waals surface area contributed by atoms with Crippen LogP contribution in [0.2, 0.25) is 0 Å². The van der Waals surface area contributed by atoms with Crippen LogP contribution in [0.25, 0.3) is 0 Å². The average molecular weight is 293 g/mol. The van der Waals surface area contributed by atoms with E-state index in [9.17, 15) is 0 Å². The molecule has 1 aromatic carbocycles. The van der Waals surface area contributed by atoms with Gasteiger partial charge in [0.25, 0.3) is 0 Å². The highest BCUT2D eigenvalue weighted by molar-refractivity contribution is 5.37. The summed E-state index contributed by atoms with van der Waals surface area (Å²) in [6, 6.07) is 8.19. The van der Waals surface area contributed by atoms with Crippen LogP contribution in [0.1, 0.15) is 56.7 Å². The fraction of sp³-hybridized carbons (Fsp3) is 0.381. The SMILES string of the molecule is C/C=C\C(=C/C=C(C)C)CCCCc1cc(C#N)ccc1C. The third-order valence-electron chi connectivity index (χ3n) is 3.65. The van der Waals surface area contributed by atoms with Gasteiger partial charge in [0.1, 0.15) is 0 Å². The molecule has 0 aliphatic rings. The molecule has 1 rings (SSSR count). The maximum Gasteiger partial charge on any atom is 0.0991 e. The molecule has 0 saturated carbocycles. The summed E-state index contributed by atoms with van der Waals surface area (Å²) in [5, 5.41) is 8.99. The van der Waals surface area contributed by atoms with Crippen molar-refractivity contribution in [3.8, 4) is 6.07 Å². The highest BCUT2D eigenvalue weighted by Crippen LogP contribution is 2.16. The highest BCUT2D eigenvalue weighted by atomic mass is 14.2. The molecule has 1 nitrogen and oxygen atoms in total. The Morgan fingerprint density at radius 3 is 2.59 bits per heavy atom. The van der Waals surface area contributed by atoms with Gasteiger partial charge in [0.15, 0.2) is 0 Å². The number of benzene rings is 1. The quantitative estimate of drug-likeness (QED) is 0.443. The minimum absolute atomic E-state index is 0.763. The molecule has 0 spiro atoms. The first kappa shape index (κ1) is 18.0. The molecule has 0 unspecified atom stereocenters. The molecule has 0 saturated heterocycles. The summed E-state index contributed by atoms with van der Waals surface area (Å²) in [6.07, 6.45) is 13.2. The fourth-order valence-corrected chi connectivity index (χ4v) is 2.36. The lowest BCUT2D eigenvalue weighted by Gasteiger charge is -2.07. The van der Waals surface area contributed by atoms with E-state index in [2.05, 4.69) is 58.1 Å². The van der Waals surface area contributed by atoms with Gasteiger partial charge in [-0.05, 0) is 82.2 Å². The summed E-state index contributed by atoms with van der Waals surface area (Å²) >= 11 is 0. The average Bonchev–Trinajstić information content (AvgIpc) is 2.50. The van der Waals surface area contributed by atoms with E-state index in [4.69, 9.17) is 5.26 Å². The van der Waals surface area contributed by atoms with Crippen LogP contribution in [0.4, 0.5) is 0 Å². The molecule has 0 atom stereocenters. The van der Waals surface area contributed by atoms with Crippen LogP contribution in [0.3, 0.4) is 0 Å². The summed E-state index contributed by atoms with van der Waals surface area (Å²) < 4.78 is 0. The molecular weight excluding hydrogens is 266 g/mol. The van der Waals surface area contributed by atoms with Gasteiger partial charge in [0.05, 0.1) is 11.6 Å². The topological polar surface area (TPSA) is 23.8 Å². The van der Waals surface area contributed by atoms with Gasteiger partial charge in [0.2, 0.25) is 0 Å². The van der Waals surface area contributed by atoms with Crippen molar-refractivity contribution in [3.05, 3.63) is 70.3 Å². The van der Waals surface area contributed by atoms with E-state index in [0.29, 0.717) is 0 Å². The van der Waals surface area contributed by atoms with Crippen LogP contribution in [-0.2, 0) is 6.42 Å². The van der Waals surface area contributed by atoms with Crippen molar-refractivity contribution in [1.29, 1.82) is 5.26 Å². The first-order chi connectivity index (χ1) is 10.6. The number of rotatable bonds is 7. The standard InChI is InChI=1S/C21H27N/c1-5-8-19(13-11-17(2)3)9-6-7-10-21-15-20(16-22)14-12-18(21)4/h5,8,11-15H,6-7,9-10H2,1-4H3/b8-5-,19-13+. The molecule has 0 aromatic heterocycles. The molecule has 1 heteroatoms. The lowest BCUT2D eigenvalue weighted by atomic mass is 9.98. The van der Waals surface area contributed by atoms with E-state index in [0.717, 1.165) is 24.8 Å². The fourth-order valence-electron chi connectivity index (χ4n) is 2.36. The van der Waals surface area contributed by atoms with Crippen molar-refractivity contribution in [1.82, 2.24) is 0 Å². The second-order valence-corrected chi connectivity index (χ2v) is 5.95. The Balaban J connectivity index is 2.55. The van der Waals surface area contributed by atoms with Gasteiger partial charge in [-0.3, -0.25) is 0 Å². The van der Waals surface area contributed by atoms with E-state index in [1.54, 1.807) is 0 Å². The molecule has 116 valence electrons. The summed E-state index contributed by atoms with van der Waals surface area (Å²) in [5.41, 5.74) is 6.06. The molecule has 0 amide bonds. The van der Waals surface area contributed by atoms with Gasteiger partial charge >= 0.3 is 0 Å². The Morgan fingerprint density at radius 2 is 1.95 bits per heavy atom. The van der Waals surface area contributed by atoms with Crippen molar-refractivity contribution >= 4 is 0 Å². The van der Waals surface area contributed by atoms with Crippen molar-refractivity contribution in [2.45, 2.75) is 53.4 Å². The number of hydrogen-bond donors (Lipinski definition) is 0. The van der Waals surface area contributed by atoms with E-state index in [-0.39, 0.29) is 0 Å². The molecule has 0 aliphatic heterocycles. The van der Waals surface area contributed by atoms with Crippen LogP contribution in [-0.4, -0.2) is 0 Å². The van der Waals surface area contributed by atoms with Crippen LogP contribution in [0.15, 0.2) is 53.6 Å². The first-order valence-corrected chi connectivity index (χ1v) is 8.03. The molecule has 0 radical (unpaired) electrons. The lowest BCUT2D eigenvalue weighted by molar-refractivity contribution is 0.734. The number of hydrogen-bond acceptors (Lipinski definition) is 1. The van der Waals surface area contributed by atoms with E-state index < -0.39 is 0 Å². The minimum Gasteiger partial charge on any atom is -0.192 e. The smallest absolute Gasteiger partial charge is 0.0991 e. The van der Waals surface area contributed by atoms with Crippen molar-refractivity contribution < 1.29 is 0 Å². The Bertz CT molecular complexity index is 605. The molecule has 0 aliphatic carbocycles. The Kier molecular flexibility index (Phi) is 8.00. The van der Waals surface area contributed by atoms with E-state index in [1.165, 1.54) is 28.7 Å². The summed E-state index contributed by atoms with van der Waals surface area (Å²) in [4.78, 5) is 0. The van der Waals surface area contributed by atoms with E-state index in [1.807, 2.05) is 18.2 Å². The third kappa shape index (κ3) is 6.59. The van der Waals surface area contributed by atoms with Crippen LogP contribution >= 0.6 is 0 Å². The van der Waals surface area contributed by atoms with Crippen LogP contribution in [0, 0.1) is 18.3 Å². The summed E-state index contributed by atoms with van der Waals surface area (Å²) in [6.45, 7) is 8.42. The minimum atomic E-state index is 0.763. The van der Waals surface area contributed by atoms with Crippen LogP contribution < -0.4 is 0 Å². The molecule has 0 heterocycles. The second-order valence-electron chi connectivity index (χ2n) is 5.95. The molecule has 0 fully saturated rings. The zero-order valence-electron chi connectivity index (χ0n) is 14.3. The van der Waals surface area contributed by atoms with Crippen molar-refractivity contribution in [2.75, 3.05) is 0 Å². The molecular formula is C21H27N. The van der Waals surface area contributed by atoms with Gasteiger partial charge < -0.3 is 0 Å². The largest absolute Gasteiger partial charge is 0.192 e. The Labute approximate surface area is 135 Å². The number of nitrogens with zero attached hydrogens (tertiary/aromatic N) is 1. The van der Waals surface area contributed by atoms with Gasteiger partial charge in [0, 0.05) is 0 Å². The number of aryl methyl sites for hydroxylation is 2. The van der Waals surface area contributed by atoms with Gasteiger partial charge in [-0.2, -0.15) is 5.26 Å². The predicted molar refractivity (Wildman–Crippen MR) is 95.8 cm³/mol. The summed E-state index contributed by atoms with van der Waals surface area (Å²) in [7, 11) is 0. The van der Waals surface area contributed by atoms with E-state index >= 15 is 0 Å². The zero-order valence-corrected chi connectivity index (χ0v) is 14.3. The molecule has 0 bridgehead atoms.